The van der Waals surface area contributed by atoms with Crippen molar-refractivity contribution in [2.24, 2.45) is 0 Å². The normalized spacial score (nSPS) is 10.3. The quantitative estimate of drug-likeness (QED) is 0.826. The number of carbonyl (C=O) groups is 1. The van der Waals surface area contributed by atoms with Crippen LogP contribution in [0.5, 0.6) is 0 Å². The smallest absolute Gasteiger partial charge is 0.250 e. The van der Waals surface area contributed by atoms with Gasteiger partial charge in [0.15, 0.2) is 0 Å². The Morgan fingerprint density at radius 1 is 1.24 bits per heavy atom. The molecule has 0 radical (unpaired) electrons. The minimum Gasteiger partial charge on any atom is -0.398 e. The van der Waals surface area contributed by atoms with Gasteiger partial charge in [-0.1, -0.05) is 12.1 Å². The van der Waals surface area contributed by atoms with E-state index in [1.165, 1.54) is 6.07 Å². The molecule has 2 aromatic rings. The number of hydrogen-bond donors (Lipinski definition) is 2. The molecule has 0 fully saturated rings. The van der Waals surface area contributed by atoms with Crippen LogP contribution in [0, 0.1) is 6.92 Å². The van der Waals surface area contributed by atoms with Crippen molar-refractivity contribution in [1.82, 2.24) is 4.57 Å². The molecule has 0 bridgehead atoms. The third kappa shape index (κ3) is 3.95. The molecule has 3 N–H and O–H groups in total. The molecule has 0 spiro atoms. The molecule has 0 aliphatic heterocycles. The highest BCUT2D eigenvalue weighted by Crippen LogP contribution is 2.20. The molecular formula is C16H19N3O2. The highest BCUT2D eigenvalue weighted by Gasteiger charge is 2.06. The molecule has 0 saturated heterocycles. The lowest BCUT2D eigenvalue weighted by Crippen LogP contribution is -2.19. The van der Waals surface area contributed by atoms with E-state index in [4.69, 9.17) is 5.73 Å². The van der Waals surface area contributed by atoms with E-state index >= 15 is 0 Å². The number of aromatic nitrogens is 1. The van der Waals surface area contributed by atoms with E-state index in [0.29, 0.717) is 25.1 Å². The number of benzene rings is 1. The number of rotatable bonds is 5. The molecule has 0 aliphatic carbocycles. The number of nitrogens with two attached hydrogens (primary N) is 1. The topological polar surface area (TPSA) is 77.1 Å². The van der Waals surface area contributed by atoms with Gasteiger partial charge >= 0.3 is 0 Å². The lowest BCUT2D eigenvalue weighted by Gasteiger charge is -2.10. The Morgan fingerprint density at radius 2 is 2.05 bits per heavy atom. The van der Waals surface area contributed by atoms with Crippen LogP contribution in [0.4, 0.5) is 11.4 Å². The van der Waals surface area contributed by atoms with Gasteiger partial charge in [-0.3, -0.25) is 9.59 Å². The van der Waals surface area contributed by atoms with Crippen molar-refractivity contribution in [3.8, 4) is 0 Å². The fourth-order valence-electron chi connectivity index (χ4n) is 2.06. The summed E-state index contributed by atoms with van der Waals surface area (Å²) in [6.45, 7) is 2.40. The van der Waals surface area contributed by atoms with E-state index in [9.17, 15) is 9.59 Å². The average Bonchev–Trinajstić information content (AvgIpc) is 2.46. The number of carbonyl (C=O) groups excluding carboxylic acids is 1. The van der Waals surface area contributed by atoms with Gasteiger partial charge in [0.2, 0.25) is 11.5 Å². The summed E-state index contributed by atoms with van der Waals surface area (Å²) < 4.78 is 1.60. The fraction of sp³-hybridized carbons (Fsp3) is 0.250. The van der Waals surface area contributed by atoms with Gasteiger partial charge in [-0.15, -0.1) is 0 Å². The predicted octanol–water partition coefficient (Wildman–Crippen LogP) is 2.16. The van der Waals surface area contributed by atoms with E-state index in [1.807, 2.05) is 19.1 Å². The van der Waals surface area contributed by atoms with Gasteiger partial charge in [0, 0.05) is 36.6 Å². The molecule has 0 saturated carbocycles. The van der Waals surface area contributed by atoms with Crippen LogP contribution in [0.3, 0.4) is 0 Å². The summed E-state index contributed by atoms with van der Waals surface area (Å²) in [4.78, 5) is 23.4. The Morgan fingerprint density at radius 3 is 2.81 bits per heavy atom. The molecule has 1 amide bonds. The number of anilines is 2. The summed E-state index contributed by atoms with van der Waals surface area (Å²) >= 11 is 0. The highest BCUT2D eigenvalue weighted by molar-refractivity contribution is 5.92. The first-order valence-corrected chi connectivity index (χ1v) is 6.88. The molecule has 1 heterocycles. The number of pyridine rings is 1. The Bertz CT molecular complexity index is 692. The predicted molar refractivity (Wildman–Crippen MR) is 84.2 cm³/mol. The Kier molecular flexibility index (Phi) is 4.77. The summed E-state index contributed by atoms with van der Waals surface area (Å²) in [5.41, 5.74) is 8.00. The molecule has 1 aromatic carbocycles. The van der Waals surface area contributed by atoms with Crippen LogP contribution in [-0.4, -0.2) is 10.5 Å². The van der Waals surface area contributed by atoms with Gasteiger partial charge < -0.3 is 15.6 Å². The third-order valence-electron chi connectivity index (χ3n) is 3.35. The Balaban J connectivity index is 1.87. The van der Waals surface area contributed by atoms with Crippen LogP contribution < -0.4 is 16.6 Å². The minimum atomic E-state index is -0.0762. The third-order valence-corrected chi connectivity index (χ3v) is 3.35. The summed E-state index contributed by atoms with van der Waals surface area (Å²) in [6.07, 6.45) is 2.69. The number of aryl methyl sites for hydroxylation is 1. The number of amides is 1. The van der Waals surface area contributed by atoms with E-state index < -0.39 is 0 Å². The maximum atomic E-state index is 11.9. The molecule has 2 rings (SSSR count). The van der Waals surface area contributed by atoms with Crippen molar-refractivity contribution in [3.63, 3.8) is 0 Å². The zero-order valence-electron chi connectivity index (χ0n) is 12.0. The van der Waals surface area contributed by atoms with Gasteiger partial charge in [-0.2, -0.15) is 0 Å². The van der Waals surface area contributed by atoms with E-state index in [0.717, 1.165) is 11.3 Å². The molecular weight excluding hydrogens is 266 g/mol. The molecule has 110 valence electrons. The largest absolute Gasteiger partial charge is 0.398 e. The van der Waals surface area contributed by atoms with Gasteiger partial charge in [-0.05, 0) is 37.1 Å². The first kappa shape index (κ1) is 14.8. The molecule has 5 nitrogen and oxygen atoms in total. The summed E-state index contributed by atoms with van der Waals surface area (Å²) in [5, 5.41) is 2.85. The lowest BCUT2D eigenvalue weighted by molar-refractivity contribution is -0.116. The van der Waals surface area contributed by atoms with Gasteiger partial charge in [0.05, 0.1) is 0 Å². The first-order valence-electron chi connectivity index (χ1n) is 6.88. The highest BCUT2D eigenvalue weighted by atomic mass is 16.1. The van der Waals surface area contributed by atoms with Crippen LogP contribution in [0.25, 0.3) is 0 Å². The second-order valence-electron chi connectivity index (χ2n) is 4.90. The second kappa shape index (κ2) is 6.74. The van der Waals surface area contributed by atoms with Crippen molar-refractivity contribution >= 4 is 17.3 Å². The van der Waals surface area contributed by atoms with Crippen molar-refractivity contribution in [2.75, 3.05) is 11.1 Å². The van der Waals surface area contributed by atoms with Gasteiger partial charge in [0.25, 0.3) is 0 Å². The Hall–Kier alpha value is -2.56. The van der Waals surface area contributed by atoms with E-state index in [1.54, 1.807) is 29.0 Å². The van der Waals surface area contributed by atoms with E-state index in [-0.39, 0.29) is 11.5 Å². The van der Waals surface area contributed by atoms with Crippen LogP contribution in [0.15, 0.2) is 47.4 Å². The van der Waals surface area contributed by atoms with Crippen molar-refractivity contribution in [1.29, 1.82) is 0 Å². The lowest BCUT2D eigenvalue weighted by atomic mass is 10.1. The van der Waals surface area contributed by atoms with Crippen LogP contribution >= 0.6 is 0 Å². The number of nitrogen functional groups attached to an aromatic ring is 1. The molecule has 1 aromatic heterocycles. The van der Waals surface area contributed by atoms with Crippen molar-refractivity contribution < 1.29 is 4.79 Å². The number of hydrogen-bond acceptors (Lipinski definition) is 3. The standard InChI is InChI=1S/C16H19N3O2/c1-12-13(17)6-4-7-14(12)18-15(20)8-5-11-19-10-3-2-9-16(19)21/h2-4,6-7,9-10H,5,8,11,17H2,1H3,(H,18,20). The minimum absolute atomic E-state index is 0.0513. The number of nitrogens with one attached hydrogen (secondary N) is 1. The Labute approximate surface area is 123 Å². The summed E-state index contributed by atoms with van der Waals surface area (Å²) in [6, 6.07) is 10.4. The van der Waals surface area contributed by atoms with Gasteiger partial charge in [0.1, 0.15) is 0 Å². The van der Waals surface area contributed by atoms with Crippen molar-refractivity contribution in [2.45, 2.75) is 26.3 Å². The SMILES string of the molecule is Cc1c(N)cccc1NC(=O)CCCn1ccccc1=O. The summed E-state index contributed by atoms with van der Waals surface area (Å²) in [5.74, 6) is -0.0762. The average molecular weight is 285 g/mol. The van der Waals surface area contributed by atoms with Crippen LogP contribution in [0.2, 0.25) is 0 Å². The van der Waals surface area contributed by atoms with Gasteiger partial charge in [-0.25, -0.2) is 0 Å². The molecule has 0 aliphatic rings. The molecule has 0 unspecified atom stereocenters. The second-order valence-corrected chi connectivity index (χ2v) is 4.90. The first-order chi connectivity index (χ1) is 10.1. The number of nitrogens with zero attached hydrogens (tertiary/aromatic N) is 1. The van der Waals surface area contributed by atoms with Crippen LogP contribution in [0.1, 0.15) is 18.4 Å². The van der Waals surface area contributed by atoms with Crippen LogP contribution in [-0.2, 0) is 11.3 Å². The zero-order valence-corrected chi connectivity index (χ0v) is 12.0. The maximum absolute atomic E-state index is 11.9. The zero-order chi connectivity index (χ0) is 15.2. The molecule has 5 heteroatoms. The fourth-order valence-corrected chi connectivity index (χ4v) is 2.06. The molecule has 21 heavy (non-hydrogen) atoms. The van der Waals surface area contributed by atoms with E-state index in [2.05, 4.69) is 5.32 Å². The summed E-state index contributed by atoms with van der Waals surface area (Å²) in [7, 11) is 0. The molecule has 0 atom stereocenters. The monoisotopic (exact) mass is 285 g/mol. The maximum Gasteiger partial charge on any atom is 0.250 e. The van der Waals surface area contributed by atoms with Crippen molar-refractivity contribution in [3.05, 3.63) is 58.5 Å².